The fraction of sp³-hybridized carbons (Fsp3) is 0.182. The van der Waals surface area contributed by atoms with Crippen LogP contribution in [-0.2, 0) is 12.5 Å². The lowest BCUT2D eigenvalue weighted by Gasteiger charge is -2.12. The van der Waals surface area contributed by atoms with Gasteiger partial charge in [0.25, 0.3) is 11.8 Å². The van der Waals surface area contributed by atoms with Crippen molar-refractivity contribution in [3.8, 4) is 22.9 Å². The zero-order chi connectivity index (χ0) is 21.0. The Kier molecular flexibility index (Phi) is 4.18. The van der Waals surface area contributed by atoms with Crippen molar-refractivity contribution >= 4 is 28.5 Å². The lowest BCUT2D eigenvalue weighted by molar-refractivity contribution is 0.0175. The predicted molar refractivity (Wildman–Crippen MR) is 110 cm³/mol. The highest BCUT2D eigenvalue weighted by Gasteiger charge is 2.27. The molecule has 3 heterocycles. The van der Waals surface area contributed by atoms with Crippen LogP contribution in [0.3, 0.4) is 0 Å². The van der Waals surface area contributed by atoms with Gasteiger partial charge in [0.1, 0.15) is 5.76 Å². The molecule has 4 aromatic rings. The summed E-state index contributed by atoms with van der Waals surface area (Å²) in [7, 11) is 0. The van der Waals surface area contributed by atoms with E-state index in [4.69, 9.17) is 16.0 Å². The average molecular weight is 428 g/mol. The quantitative estimate of drug-likeness (QED) is 0.471. The fourth-order valence-corrected chi connectivity index (χ4v) is 3.95. The lowest BCUT2D eigenvalue weighted by atomic mass is 10.0. The number of carbonyl (C=O) groups excluding carboxylic acids is 1. The first kappa shape index (κ1) is 18.8. The molecule has 0 saturated carbocycles. The van der Waals surface area contributed by atoms with Crippen LogP contribution in [0.4, 0.5) is 8.78 Å². The number of para-hydroxylation sites is 1. The highest BCUT2D eigenvalue weighted by atomic mass is 35.5. The van der Waals surface area contributed by atoms with Crippen molar-refractivity contribution in [1.29, 1.82) is 0 Å². The molecule has 0 fully saturated rings. The van der Waals surface area contributed by atoms with Crippen molar-refractivity contribution in [3.63, 3.8) is 0 Å². The minimum absolute atomic E-state index is 0.143. The van der Waals surface area contributed by atoms with E-state index in [0.29, 0.717) is 52.1 Å². The van der Waals surface area contributed by atoms with Gasteiger partial charge in [0, 0.05) is 31.1 Å². The van der Waals surface area contributed by atoms with Gasteiger partial charge in [-0.3, -0.25) is 4.79 Å². The van der Waals surface area contributed by atoms with Gasteiger partial charge in [-0.25, -0.2) is 13.8 Å². The van der Waals surface area contributed by atoms with E-state index in [0.717, 1.165) is 12.4 Å². The number of nitrogens with one attached hydrogen (secondary N) is 1. The number of hydrogen-bond donors (Lipinski definition) is 1. The van der Waals surface area contributed by atoms with Gasteiger partial charge in [-0.15, -0.1) is 0 Å². The number of nitrogens with zero attached hydrogens (tertiary/aromatic N) is 2. The zero-order valence-electron chi connectivity index (χ0n) is 15.9. The summed E-state index contributed by atoms with van der Waals surface area (Å²) in [5.74, 6) is -1.74. The Bertz CT molecular complexity index is 1300. The molecule has 2 aromatic heterocycles. The third-order valence-electron chi connectivity index (χ3n) is 5.20. The van der Waals surface area contributed by atoms with Crippen molar-refractivity contribution in [1.82, 2.24) is 14.9 Å². The highest BCUT2D eigenvalue weighted by molar-refractivity contribution is 6.33. The minimum Gasteiger partial charge on any atom is -0.453 e. The molecular weight excluding hydrogens is 412 g/mol. The van der Waals surface area contributed by atoms with Crippen molar-refractivity contribution in [2.24, 2.45) is 0 Å². The van der Waals surface area contributed by atoms with Crippen LogP contribution in [-0.4, -0.2) is 22.0 Å². The second kappa shape index (κ2) is 6.67. The van der Waals surface area contributed by atoms with Gasteiger partial charge in [0.05, 0.1) is 21.6 Å². The smallest absolute Gasteiger partial charge is 0.270 e. The molecule has 0 unspecified atom stereocenters. The van der Waals surface area contributed by atoms with Crippen LogP contribution in [0.2, 0.25) is 5.02 Å². The Labute approximate surface area is 175 Å². The fourth-order valence-electron chi connectivity index (χ4n) is 3.74. The number of imidazole rings is 1. The van der Waals surface area contributed by atoms with Gasteiger partial charge < -0.3 is 14.3 Å². The van der Waals surface area contributed by atoms with E-state index in [9.17, 15) is 13.6 Å². The van der Waals surface area contributed by atoms with Crippen LogP contribution in [0.25, 0.3) is 33.9 Å². The summed E-state index contributed by atoms with van der Waals surface area (Å²) in [6.07, 6.45) is 0. The number of furan rings is 1. The minimum atomic E-state index is -2.99. The molecule has 1 amide bonds. The van der Waals surface area contributed by atoms with Crippen molar-refractivity contribution in [2.45, 2.75) is 19.4 Å². The van der Waals surface area contributed by atoms with Gasteiger partial charge in [-0.05, 0) is 36.4 Å². The number of benzene rings is 2. The summed E-state index contributed by atoms with van der Waals surface area (Å²) < 4.78 is 35.4. The lowest BCUT2D eigenvalue weighted by Crippen LogP contribution is -2.24. The van der Waals surface area contributed by atoms with Crippen LogP contribution in [0.1, 0.15) is 22.8 Å². The molecule has 5 rings (SSSR count). The molecule has 0 radical (unpaired) electrons. The molecule has 0 saturated heterocycles. The van der Waals surface area contributed by atoms with Gasteiger partial charge in [-0.2, -0.15) is 0 Å². The first-order valence-corrected chi connectivity index (χ1v) is 9.76. The van der Waals surface area contributed by atoms with E-state index in [-0.39, 0.29) is 11.5 Å². The molecule has 1 N–H and O–H groups in total. The van der Waals surface area contributed by atoms with Crippen LogP contribution >= 0.6 is 11.6 Å². The molecule has 30 heavy (non-hydrogen) atoms. The largest absolute Gasteiger partial charge is 0.453 e. The molecule has 1 aliphatic heterocycles. The maximum absolute atomic E-state index is 13.8. The summed E-state index contributed by atoms with van der Waals surface area (Å²) in [6, 6.07) is 12.9. The molecule has 5 nitrogen and oxygen atoms in total. The van der Waals surface area contributed by atoms with E-state index in [1.165, 1.54) is 18.2 Å². The molecular formula is C22H16ClF2N3O2. The SMILES string of the molecule is CC(F)(F)c1ccc(Cl)c(-c2ccc(-c3nc4cccc5c4n3CCNC5=O)o2)c1. The average Bonchev–Trinajstić information content (AvgIpc) is 3.28. The normalized spacial score (nSPS) is 14.1. The third-order valence-corrected chi connectivity index (χ3v) is 5.53. The molecule has 2 aromatic carbocycles. The third kappa shape index (κ3) is 2.97. The topological polar surface area (TPSA) is 60.1 Å². The maximum atomic E-state index is 13.8. The monoisotopic (exact) mass is 427 g/mol. The van der Waals surface area contributed by atoms with E-state index in [1.54, 1.807) is 24.3 Å². The van der Waals surface area contributed by atoms with Crippen LogP contribution in [0.15, 0.2) is 52.9 Å². The summed E-state index contributed by atoms with van der Waals surface area (Å²) in [6.45, 7) is 1.83. The van der Waals surface area contributed by atoms with Gasteiger partial charge >= 0.3 is 0 Å². The highest BCUT2D eigenvalue weighted by Crippen LogP contribution is 2.37. The summed E-state index contributed by atoms with van der Waals surface area (Å²) in [5.41, 5.74) is 2.21. The Balaban J connectivity index is 1.64. The second-order valence-electron chi connectivity index (χ2n) is 7.26. The molecule has 0 atom stereocenters. The summed E-state index contributed by atoms with van der Waals surface area (Å²) >= 11 is 6.25. The molecule has 0 bridgehead atoms. The Morgan fingerprint density at radius 2 is 1.93 bits per heavy atom. The predicted octanol–water partition coefficient (Wildman–Crippen LogP) is 5.47. The van der Waals surface area contributed by atoms with Crippen LogP contribution in [0, 0.1) is 0 Å². The number of halogens is 3. The van der Waals surface area contributed by atoms with Crippen molar-refractivity contribution in [2.75, 3.05) is 6.54 Å². The molecule has 8 heteroatoms. The molecule has 152 valence electrons. The van der Waals surface area contributed by atoms with E-state index in [2.05, 4.69) is 10.3 Å². The number of aromatic nitrogens is 2. The summed E-state index contributed by atoms with van der Waals surface area (Å²) in [4.78, 5) is 17.0. The van der Waals surface area contributed by atoms with Gasteiger partial charge in [0.2, 0.25) is 0 Å². The number of rotatable bonds is 3. The Morgan fingerprint density at radius 1 is 1.13 bits per heavy atom. The maximum Gasteiger partial charge on any atom is 0.270 e. The molecule has 0 spiro atoms. The van der Waals surface area contributed by atoms with Crippen molar-refractivity contribution in [3.05, 3.63) is 64.7 Å². The van der Waals surface area contributed by atoms with E-state index >= 15 is 0 Å². The molecule has 1 aliphatic rings. The van der Waals surface area contributed by atoms with Gasteiger partial charge in [-0.1, -0.05) is 23.7 Å². The van der Waals surface area contributed by atoms with E-state index < -0.39 is 5.92 Å². The summed E-state index contributed by atoms with van der Waals surface area (Å²) in [5, 5.41) is 3.18. The Hall–Kier alpha value is -3.19. The van der Waals surface area contributed by atoms with Crippen molar-refractivity contribution < 1.29 is 18.0 Å². The standard InChI is InChI=1S/C22H16ClF2N3O2/c1-22(24,25)12-5-6-15(23)14(11-12)17-7-8-18(30-17)20-27-16-4-2-3-13-19(16)28(20)10-9-26-21(13)29/h2-8,11H,9-10H2,1H3,(H,26,29). The number of hydrogen-bond acceptors (Lipinski definition) is 3. The number of carbonyl (C=O) groups is 1. The number of alkyl halides is 2. The van der Waals surface area contributed by atoms with Gasteiger partial charge in [0.15, 0.2) is 11.6 Å². The Morgan fingerprint density at radius 3 is 2.73 bits per heavy atom. The first-order chi connectivity index (χ1) is 14.3. The zero-order valence-corrected chi connectivity index (χ0v) is 16.6. The van der Waals surface area contributed by atoms with E-state index in [1.807, 2.05) is 10.6 Å². The number of amides is 1. The van der Waals surface area contributed by atoms with Crippen LogP contribution in [0.5, 0.6) is 0 Å². The molecule has 0 aliphatic carbocycles. The first-order valence-electron chi connectivity index (χ1n) is 9.39. The van der Waals surface area contributed by atoms with Crippen LogP contribution < -0.4 is 5.32 Å². The second-order valence-corrected chi connectivity index (χ2v) is 7.67.